The van der Waals surface area contributed by atoms with Gasteiger partial charge in [-0.2, -0.15) is 0 Å². The van der Waals surface area contributed by atoms with Gasteiger partial charge in [0.05, 0.1) is 5.00 Å². The van der Waals surface area contributed by atoms with Crippen molar-refractivity contribution in [2.24, 2.45) is 0 Å². The van der Waals surface area contributed by atoms with Crippen LogP contribution in [0.4, 0.5) is 5.00 Å². The van der Waals surface area contributed by atoms with E-state index in [4.69, 9.17) is 5.11 Å². The topological polar surface area (TPSA) is 49.3 Å². The third kappa shape index (κ3) is 1.90. The van der Waals surface area contributed by atoms with Gasteiger partial charge in [-0.15, -0.1) is 11.3 Å². The molecule has 0 radical (unpaired) electrons. The Morgan fingerprint density at radius 3 is 3.07 bits per heavy atom. The molecule has 0 aromatic carbocycles. The van der Waals surface area contributed by atoms with Crippen LogP contribution in [0.1, 0.15) is 24.0 Å². The smallest absolute Gasteiger partial charge is 0.322 e. The van der Waals surface area contributed by atoms with Gasteiger partial charge in [0.15, 0.2) is 0 Å². The fourth-order valence-electron chi connectivity index (χ4n) is 1.82. The Morgan fingerprint density at radius 2 is 2.29 bits per heavy atom. The van der Waals surface area contributed by atoms with E-state index in [0.29, 0.717) is 0 Å². The number of nitrogens with one attached hydrogen (secondary N) is 1. The average molecular weight is 211 g/mol. The summed E-state index contributed by atoms with van der Waals surface area (Å²) < 4.78 is 0. The molecule has 0 saturated heterocycles. The number of anilines is 1. The van der Waals surface area contributed by atoms with Crippen molar-refractivity contribution in [1.29, 1.82) is 0 Å². The van der Waals surface area contributed by atoms with E-state index in [1.54, 1.807) is 11.3 Å². The molecule has 1 aliphatic carbocycles. The van der Waals surface area contributed by atoms with Crippen LogP contribution >= 0.6 is 11.3 Å². The van der Waals surface area contributed by atoms with Crippen LogP contribution in [-0.2, 0) is 17.6 Å². The van der Waals surface area contributed by atoms with Gasteiger partial charge in [0.1, 0.15) is 6.54 Å². The average Bonchev–Trinajstić information content (AvgIpc) is 2.58. The van der Waals surface area contributed by atoms with Crippen LogP contribution in [0.2, 0.25) is 0 Å². The van der Waals surface area contributed by atoms with E-state index in [9.17, 15) is 4.79 Å². The van der Waals surface area contributed by atoms with Gasteiger partial charge in [0.25, 0.3) is 0 Å². The summed E-state index contributed by atoms with van der Waals surface area (Å²) in [5, 5.41) is 14.7. The van der Waals surface area contributed by atoms with Crippen molar-refractivity contribution in [2.75, 3.05) is 11.9 Å². The Bertz CT molecular complexity index is 346. The summed E-state index contributed by atoms with van der Waals surface area (Å²) in [6.07, 6.45) is 4.74. The highest BCUT2D eigenvalue weighted by atomic mass is 32.1. The Hall–Kier alpha value is -1.03. The summed E-state index contributed by atoms with van der Waals surface area (Å²) in [5.74, 6) is -0.803. The van der Waals surface area contributed by atoms with Gasteiger partial charge in [0.2, 0.25) is 0 Å². The minimum atomic E-state index is -0.803. The first-order valence-electron chi connectivity index (χ1n) is 4.82. The summed E-state index contributed by atoms with van der Waals surface area (Å²) in [4.78, 5) is 10.4. The van der Waals surface area contributed by atoms with E-state index >= 15 is 0 Å². The molecule has 0 unspecified atom stereocenters. The molecule has 1 aromatic rings. The van der Waals surface area contributed by atoms with Crippen molar-refractivity contribution >= 4 is 22.3 Å². The van der Waals surface area contributed by atoms with E-state index in [2.05, 4.69) is 10.7 Å². The summed E-state index contributed by atoms with van der Waals surface area (Å²) in [5.41, 5.74) is 2.76. The van der Waals surface area contributed by atoms with Crippen LogP contribution < -0.4 is 5.32 Å². The third-order valence-corrected chi connectivity index (χ3v) is 3.53. The number of fused-ring (bicyclic) bond motifs is 1. The van der Waals surface area contributed by atoms with Crippen molar-refractivity contribution in [3.8, 4) is 0 Å². The summed E-state index contributed by atoms with van der Waals surface area (Å²) in [6, 6.07) is 0. The molecule has 0 amide bonds. The molecule has 2 N–H and O–H groups in total. The van der Waals surface area contributed by atoms with Crippen molar-refractivity contribution in [3.05, 3.63) is 16.5 Å². The van der Waals surface area contributed by atoms with Crippen molar-refractivity contribution in [1.82, 2.24) is 0 Å². The molecule has 0 atom stereocenters. The lowest BCUT2D eigenvalue weighted by Crippen LogP contribution is -2.13. The molecular formula is C10H13NO2S. The maximum absolute atomic E-state index is 10.4. The fourth-order valence-corrected chi connectivity index (χ4v) is 2.87. The molecule has 14 heavy (non-hydrogen) atoms. The molecule has 1 heterocycles. The highest BCUT2D eigenvalue weighted by Crippen LogP contribution is 2.33. The summed E-state index contributed by atoms with van der Waals surface area (Å²) >= 11 is 1.63. The third-order valence-electron chi connectivity index (χ3n) is 2.50. The standard InChI is InChI=1S/C10H13NO2S/c12-9(13)5-11-10-8-4-2-1-3-7(8)6-14-10/h6,11H,1-5H2,(H,12,13). The number of aliphatic carboxylic acids is 1. The number of carbonyl (C=O) groups is 1. The zero-order valence-corrected chi connectivity index (χ0v) is 8.69. The van der Waals surface area contributed by atoms with E-state index in [1.165, 1.54) is 24.0 Å². The molecule has 0 bridgehead atoms. The van der Waals surface area contributed by atoms with Crippen LogP contribution in [0.3, 0.4) is 0 Å². The molecule has 3 nitrogen and oxygen atoms in total. The minimum Gasteiger partial charge on any atom is -0.480 e. The van der Waals surface area contributed by atoms with Gasteiger partial charge < -0.3 is 10.4 Å². The maximum Gasteiger partial charge on any atom is 0.322 e. The van der Waals surface area contributed by atoms with Gasteiger partial charge in [-0.3, -0.25) is 4.79 Å². The predicted octanol–water partition coefficient (Wildman–Crippen LogP) is 2.12. The first-order chi connectivity index (χ1) is 6.77. The Labute approximate surface area is 86.8 Å². The number of hydrogen-bond donors (Lipinski definition) is 2. The van der Waals surface area contributed by atoms with Crippen molar-refractivity contribution < 1.29 is 9.90 Å². The highest BCUT2D eigenvalue weighted by molar-refractivity contribution is 7.14. The molecule has 0 aliphatic heterocycles. The Morgan fingerprint density at radius 1 is 1.50 bits per heavy atom. The first kappa shape index (κ1) is 9.52. The lowest BCUT2D eigenvalue weighted by atomic mass is 9.95. The zero-order valence-electron chi connectivity index (χ0n) is 7.88. The molecule has 1 aliphatic rings. The van der Waals surface area contributed by atoms with Gasteiger partial charge >= 0.3 is 5.97 Å². The first-order valence-corrected chi connectivity index (χ1v) is 5.70. The number of hydrogen-bond acceptors (Lipinski definition) is 3. The largest absolute Gasteiger partial charge is 0.480 e. The minimum absolute atomic E-state index is 0.0208. The number of carboxylic acid groups (broad SMARTS) is 1. The SMILES string of the molecule is O=C(O)CNc1scc2c1CCCC2. The molecule has 2 rings (SSSR count). The number of aryl methyl sites for hydroxylation is 1. The molecular weight excluding hydrogens is 198 g/mol. The van der Waals surface area contributed by atoms with Crippen molar-refractivity contribution in [2.45, 2.75) is 25.7 Å². The van der Waals surface area contributed by atoms with Crippen LogP contribution in [0, 0.1) is 0 Å². The summed E-state index contributed by atoms with van der Waals surface area (Å²) in [7, 11) is 0. The Kier molecular flexibility index (Phi) is 2.72. The van der Waals surface area contributed by atoms with E-state index < -0.39 is 5.97 Å². The number of carboxylic acids is 1. The number of rotatable bonds is 3. The van der Waals surface area contributed by atoms with Gasteiger partial charge in [0, 0.05) is 0 Å². The predicted molar refractivity (Wildman–Crippen MR) is 57.1 cm³/mol. The van der Waals surface area contributed by atoms with E-state index in [-0.39, 0.29) is 6.54 Å². The van der Waals surface area contributed by atoms with Gasteiger partial charge in [-0.1, -0.05) is 0 Å². The van der Waals surface area contributed by atoms with Crippen LogP contribution in [0.25, 0.3) is 0 Å². The normalized spacial score (nSPS) is 14.9. The molecule has 0 fully saturated rings. The number of thiophene rings is 1. The maximum atomic E-state index is 10.4. The van der Waals surface area contributed by atoms with Crippen LogP contribution in [0.15, 0.2) is 5.38 Å². The molecule has 0 spiro atoms. The molecule has 0 saturated carbocycles. The molecule has 1 aromatic heterocycles. The van der Waals surface area contributed by atoms with Crippen molar-refractivity contribution in [3.63, 3.8) is 0 Å². The summed E-state index contributed by atoms with van der Waals surface area (Å²) in [6.45, 7) is 0.0208. The van der Waals surface area contributed by atoms with Gasteiger partial charge in [-0.25, -0.2) is 0 Å². The second-order valence-electron chi connectivity index (χ2n) is 3.52. The lowest BCUT2D eigenvalue weighted by Gasteiger charge is -2.12. The molecule has 4 heteroatoms. The zero-order chi connectivity index (χ0) is 9.97. The fraction of sp³-hybridized carbons (Fsp3) is 0.500. The van der Waals surface area contributed by atoms with Gasteiger partial charge in [-0.05, 0) is 42.2 Å². The van der Waals surface area contributed by atoms with E-state index in [0.717, 1.165) is 17.8 Å². The highest BCUT2D eigenvalue weighted by Gasteiger charge is 2.15. The Balaban J connectivity index is 2.10. The van der Waals surface area contributed by atoms with Crippen LogP contribution in [-0.4, -0.2) is 17.6 Å². The quantitative estimate of drug-likeness (QED) is 0.805. The molecule has 76 valence electrons. The van der Waals surface area contributed by atoms with E-state index in [1.807, 2.05) is 0 Å². The lowest BCUT2D eigenvalue weighted by molar-refractivity contribution is -0.134. The second-order valence-corrected chi connectivity index (χ2v) is 4.40. The monoisotopic (exact) mass is 211 g/mol. The second kappa shape index (κ2) is 4.00. The van der Waals surface area contributed by atoms with Crippen LogP contribution in [0.5, 0.6) is 0 Å².